The van der Waals surface area contributed by atoms with Crippen molar-refractivity contribution in [3.8, 4) is 17.4 Å². The summed E-state index contributed by atoms with van der Waals surface area (Å²) in [5, 5.41) is 7.67. The normalized spacial score (nSPS) is 18.9. The molecule has 0 radical (unpaired) electrons. The molecule has 14 heteroatoms. The maximum Gasteiger partial charge on any atom is 0.240 e. The first-order chi connectivity index (χ1) is 17.5. The number of hydrogen-bond acceptors (Lipinski definition) is 10. The predicted molar refractivity (Wildman–Crippen MR) is 137 cm³/mol. The highest BCUT2D eigenvalue weighted by atomic mass is 35.5. The van der Waals surface area contributed by atoms with E-state index >= 15 is 0 Å². The van der Waals surface area contributed by atoms with Gasteiger partial charge in [-0.3, -0.25) is 9.29 Å². The minimum Gasteiger partial charge on any atom is -0.481 e. The predicted octanol–water partition coefficient (Wildman–Crippen LogP) is 3.27. The molecule has 0 spiro atoms. The molecule has 0 aliphatic carbocycles. The molecule has 1 fully saturated rings. The Morgan fingerprint density at radius 1 is 1.24 bits per heavy atom. The molecular formula is C23H30ClN7O5S. The van der Waals surface area contributed by atoms with Gasteiger partial charge in [-0.05, 0) is 39.7 Å². The van der Waals surface area contributed by atoms with Crippen LogP contribution in [0.15, 0.2) is 30.6 Å². The van der Waals surface area contributed by atoms with Crippen LogP contribution in [-0.4, -0.2) is 69.3 Å². The third-order valence-corrected chi connectivity index (χ3v) is 8.04. The van der Waals surface area contributed by atoms with Crippen molar-refractivity contribution in [3.05, 3.63) is 41.4 Å². The van der Waals surface area contributed by atoms with Crippen LogP contribution < -0.4 is 9.46 Å². The number of anilines is 1. The molecule has 37 heavy (non-hydrogen) atoms. The van der Waals surface area contributed by atoms with E-state index < -0.39 is 21.4 Å². The van der Waals surface area contributed by atoms with Gasteiger partial charge in [-0.25, -0.2) is 23.4 Å². The van der Waals surface area contributed by atoms with Crippen molar-refractivity contribution in [1.82, 2.24) is 29.7 Å². The Morgan fingerprint density at radius 2 is 1.97 bits per heavy atom. The third kappa shape index (κ3) is 6.17. The van der Waals surface area contributed by atoms with Gasteiger partial charge >= 0.3 is 0 Å². The number of methoxy groups -OCH3 is 2. The molecule has 3 atom stereocenters. The van der Waals surface area contributed by atoms with Crippen LogP contribution in [0.2, 0.25) is 5.02 Å². The molecule has 1 aliphatic rings. The zero-order valence-corrected chi connectivity index (χ0v) is 22.8. The van der Waals surface area contributed by atoms with Crippen molar-refractivity contribution < 1.29 is 22.6 Å². The van der Waals surface area contributed by atoms with E-state index in [2.05, 4.69) is 29.9 Å². The Kier molecular flexibility index (Phi) is 7.97. The van der Waals surface area contributed by atoms with Crippen LogP contribution in [0.25, 0.3) is 11.5 Å². The molecule has 200 valence electrons. The Hall–Kier alpha value is -2.87. The maximum absolute atomic E-state index is 13.5. The number of rotatable bonds is 10. The summed E-state index contributed by atoms with van der Waals surface area (Å²) in [6, 6.07) is 5.24. The van der Waals surface area contributed by atoms with Crippen molar-refractivity contribution in [1.29, 1.82) is 0 Å². The van der Waals surface area contributed by atoms with Gasteiger partial charge in [-0.15, -0.1) is 10.2 Å². The zero-order chi connectivity index (χ0) is 26.8. The molecule has 1 aliphatic heterocycles. The topological polar surface area (TPSA) is 143 Å². The lowest BCUT2D eigenvalue weighted by molar-refractivity contribution is -0.0213. The maximum atomic E-state index is 13.5. The van der Waals surface area contributed by atoms with Gasteiger partial charge in [0, 0.05) is 25.6 Å². The van der Waals surface area contributed by atoms with Crippen LogP contribution in [0.4, 0.5) is 5.95 Å². The number of ether oxygens (including phenoxy) is 3. The summed E-state index contributed by atoms with van der Waals surface area (Å²) in [6.45, 7) is 5.88. The molecular weight excluding hydrogens is 522 g/mol. The molecule has 12 nitrogen and oxygen atoms in total. The summed E-state index contributed by atoms with van der Waals surface area (Å²) in [6.07, 6.45) is 3.33. The lowest BCUT2D eigenvalue weighted by Crippen LogP contribution is -2.34. The molecule has 0 bridgehead atoms. The van der Waals surface area contributed by atoms with E-state index in [1.54, 1.807) is 22.8 Å². The largest absolute Gasteiger partial charge is 0.481 e. The molecule has 0 amide bonds. The van der Waals surface area contributed by atoms with E-state index in [0.29, 0.717) is 29.0 Å². The highest BCUT2D eigenvalue weighted by Crippen LogP contribution is 2.32. The lowest BCUT2D eigenvalue weighted by atomic mass is 10.1. The third-order valence-electron chi connectivity index (χ3n) is 6.15. The van der Waals surface area contributed by atoms with Gasteiger partial charge in [0.15, 0.2) is 11.6 Å². The summed E-state index contributed by atoms with van der Waals surface area (Å²) in [4.78, 5) is 12.7. The lowest BCUT2D eigenvalue weighted by Gasteiger charge is -2.23. The van der Waals surface area contributed by atoms with Gasteiger partial charge in [0.1, 0.15) is 17.0 Å². The quantitative estimate of drug-likeness (QED) is 0.398. The minimum atomic E-state index is -4.04. The number of hydrogen-bond donors (Lipinski definition) is 1. The Labute approximate surface area is 220 Å². The van der Waals surface area contributed by atoms with E-state index in [4.69, 9.17) is 25.8 Å². The number of nitrogens with zero attached hydrogens (tertiary/aromatic N) is 6. The fourth-order valence-corrected chi connectivity index (χ4v) is 5.41. The molecule has 4 heterocycles. The van der Waals surface area contributed by atoms with E-state index in [1.165, 1.54) is 33.5 Å². The molecule has 3 aromatic heterocycles. The van der Waals surface area contributed by atoms with Crippen LogP contribution in [0.5, 0.6) is 5.88 Å². The minimum absolute atomic E-state index is 0.0339. The average molecular weight is 552 g/mol. The Morgan fingerprint density at radius 3 is 2.59 bits per heavy atom. The highest BCUT2D eigenvalue weighted by molar-refractivity contribution is 7.93. The first kappa shape index (κ1) is 27.2. The van der Waals surface area contributed by atoms with Crippen LogP contribution in [-0.2, 0) is 26.0 Å². The van der Waals surface area contributed by atoms with Crippen LogP contribution in [0.3, 0.4) is 0 Å². The fraction of sp³-hybridized carbons (Fsp3) is 0.522. The standard InChI is InChI=1S/C23H30ClN7O5S/c1-14(19(35-5)20-25-11-15(24)12-26-20)37(32,33)30-22-29-28-21(17-7-6-8-18(27-17)34-4)31(22)13-16-9-10-23(2,3)36-16/h6-8,11-12,14,16,19H,9-10,13H2,1-5H3,(H,29,30)/t14-,16+,19-/m0/s1. The van der Waals surface area contributed by atoms with Crippen LogP contribution in [0.1, 0.15) is 45.5 Å². The molecule has 0 saturated carbocycles. The summed E-state index contributed by atoms with van der Waals surface area (Å²) >= 11 is 5.88. The van der Waals surface area contributed by atoms with Gasteiger partial charge in [-0.2, -0.15) is 0 Å². The van der Waals surface area contributed by atoms with E-state index in [9.17, 15) is 8.42 Å². The number of pyridine rings is 1. The number of aromatic nitrogens is 6. The monoisotopic (exact) mass is 551 g/mol. The van der Waals surface area contributed by atoms with Gasteiger partial charge < -0.3 is 14.2 Å². The molecule has 3 aromatic rings. The van der Waals surface area contributed by atoms with Gasteiger partial charge in [-0.1, -0.05) is 17.7 Å². The second-order valence-corrected chi connectivity index (χ2v) is 11.8. The van der Waals surface area contributed by atoms with Crippen LogP contribution in [0, 0.1) is 0 Å². The number of sulfonamides is 1. The molecule has 1 N–H and O–H groups in total. The van der Waals surface area contributed by atoms with E-state index in [1.807, 2.05) is 13.8 Å². The first-order valence-corrected chi connectivity index (χ1v) is 13.6. The fourth-order valence-electron chi connectivity index (χ4n) is 4.16. The molecule has 0 unspecified atom stereocenters. The molecule has 4 rings (SSSR count). The SMILES string of the molecule is COc1cccc(-c2nnc(NS(=O)(=O)[C@@H](C)[C@H](OC)c3ncc(Cl)cn3)n2C[C@H]2CCC(C)(C)O2)n1. The van der Waals surface area contributed by atoms with Gasteiger partial charge in [0.25, 0.3) is 0 Å². The zero-order valence-electron chi connectivity index (χ0n) is 21.3. The van der Waals surface area contributed by atoms with Crippen LogP contribution >= 0.6 is 11.6 Å². The van der Waals surface area contributed by atoms with Gasteiger partial charge in [0.2, 0.25) is 21.9 Å². The van der Waals surface area contributed by atoms with E-state index in [-0.39, 0.29) is 23.5 Å². The first-order valence-electron chi connectivity index (χ1n) is 11.7. The van der Waals surface area contributed by atoms with Crippen molar-refractivity contribution in [3.63, 3.8) is 0 Å². The number of halogens is 1. The highest BCUT2D eigenvalue weighted by Gasteiger charge is 2.36. The van der Waals surface area contributed by atoms with Crippen molar-refractivity contribution in [2.45, 2.75) is 63.2 Å². The average Bonchev–Trinajstić information content (AvgIpc) is 3.42. The van der Waals surface area contributed by atoms with Crippen molar-refractivity contribution >= 4 is 27.6 Å². The Balaban J connectivity index is 1.67. The smallest absolute Gasteiger partial charge is 0.240 e. The second-order valence-electron chi connectivity index (χ2n) is 9.33. The second kappa shape index (κ2) is 10.9. The summed E-state index contributed by atoms with van der Waals surface area (Å²) < 4.78 is 48.0. The summed E-state index contributed by atoms with van der Waals surface area (Å²) in [5.41, 5.74) is 0.206. The van der Waals surface area contributed by atoms with E-state index in [0.717, 1.165) is 12.8 Å². The summed E-state index contributed by atoms with van der Waals surface area (Å²) in [5.74, 6) is 0.995. The Bertz CT molecular complexity index is 1330. The van der Waals surface area contributed by atoms with Crippen molar-refractivity contribution in [2.24, 2.45) is 0 Å². The summed E-state index contributed by atoms with van der Waals surface area (Å²) in [7, 11) is -1.13. The molecule has 1 saturated heterocycles. The van der Waals surface area contributed by atoms with Gasteiger partial charge in [0.05, 0.1) is 30.4 Å². The number of nitrogens with one attached hydrogen (secondary N) is 1. The van der Waals surface area contributed by atoms with Crippen molar-refractivity contribution in [2.75, 3.05) is 18.9 Å². The molecule has 0 aromatic carbocycles.